The van der Waals surface area contributed by atoms with E-state index in [9.17, 15) is 4.79 Å². The first-order valence-electron chi connectivity index (χ1n) is 10.9. The molecule has 4 rings (SSSR count). The van der Waals surface area contributed by atoms with Gasteiger partial charge in [0, 0.05) is 30.3 Å². The molecule has 160 valence electrons. The van der Waals surface area contributed by atoms with Gasteiger partial charge < -0.3 is 15.0 Å². The normalized spacial score (nSPS) is 18.8. The second-order valence-electron chi connectivity index (χ2n) is 7.99. The molecule has 30 heavy (non-hydrogen) atoms. The van der Waals surface area contributed by atoms with Crippen LogP contribution in [0.2, 0.25) is 5.02 Å². The zero-order valence-electron chi connectivity index (χ0n) is 17.4. The number of nitrogens with one attached hydrogen (secondary N) is 1. The molecule has 2 aliphatic rings. The van der Waals surface area contributed by atoms with Crippen molar-refractivity contribution < 1.29 is 9.53 Å². The molecule has 0 aromatic heterocycles. The lowest BCUT2D eigenvalue weighted by Crippen LogP contribution is -2.41. The van der Waals surface area contributed by atoms with E-state index in [1.807, 2.05) is 36.4 Å². The number of halogens is 1. The number of hydrogen-bond donors (Lipinski definition) is 1. The maximum Gasteiger partial charge on any atom is 0.253 e. The number of amides is 1. The molecule has 2 aromatic carbocycles. The Labute approximate surface area is 184 Å². The van der Waals surface area contributed by atoms with Gasteiger partial charge in [0.15, 0.2) is 0 Å². The van der Waals surface area contributed by atoms with Crippen LogP contribution in [0.3, 0.4) is 0 Å². The van der Waals surface area contributed by atoms with Crippen molar-refractivity contribution >= 4 is 23.2 Å². The zero-order valence-corrected chi connectivity index (χ0v) is 18.1. The molecule has 2 aliphatic heterocycles. The second kappa shape index (κ2) is 10.3. The fraction of sp³-hybridized carbons (Fsp3) is 0.458. The molecular weight excluding hydrogens is 398 g/mol. The van der Waals surface area contributed by atoms with Crippen molar-refractivity contribution in [1.29, 1.82) is 0 Å². The van der Waals surface area contributed by atoms with Crippen LogP contribution in [0.5, 0.6) is 0 Å². The second-order valence-corrected chi connectivity index (χ2v) is 8.43. The minimum atomic E-state index is -0.0203. The van der Waals surface area contributed by atoms with Crippen molar-refractivity contribution in [2.75, 3.05) is 50.8 Å². The van der Waals surface area contributed by atoms with E-state index in [1.165, 1.54) is 24.8 Å². The molecule has 1 N–H and O–H groups in total. The first-order chi connectivity index (χ1) is 14.7. The Balaban J connectivity index is 1.49. The van der Waals surface area contributed by atoms with Crippen molar-refractivity contribution in [3.05, 3.63) is 64.7 Å². The maximum atomic E-state index is 13.2. The average molecular weight is 428 g/mol. The fourth-order valence-electron chi connectivity index (χ4n) is 4.40. The molecule has 1 unspecified atom stereocenters. The molecule has 0 bridgehead atoms. The number of likely N-dealkylation sites (tertiary alicyclic amines) is 1. The summed E-state index contributed by atoms with van der Waals surface area (Å²) in [4.78, 5) is 17.9. The molecule has 2 aromatic rings. The van der Waals surface area contributed by atoms with Gasteiger partial charge in [0.2, 0.25) is 0 Å². The lowest BCUT2D eigenvalue weighted by molar-refractivity contribution is 0.0923. The summed E-state index contributed by atoms with van der Waals surface area (Å²) < 4.78 is 5.47. The largest absolute Gasteiger partial charge is 0.378 e. The number of rotatable bonds is 6. The highest BCUT2D eigenvalue weighted by molar-refractivity contribution is 6.30. The van der Waals surface area contributed by atoms with Crippen molar-refractivity contribution in [3.63, 3.8) is 0 Å². The van der Waals surface area contributed by atoms with Gasteiger partial charge in [-0.2, -0.15) is 0 Å². The number of hydrogen-bond acceptors (Lipinski definition) is 4. The van der Waals surface area contributed by atoms with Crippen LogP contribution in [0.1, 0.15) is 41.2 Å². The first kappa shape index (κ1) is 21.2. The van der Waals surface area contributed by atoms with Gasteiger partial charge in [-0.25, -0.2) is 0 Å². The van der Waals surface area contributed by atoms with Gasteiger partial charge in [0.25, 0.3) is 5.91 Å². The van der Waals surface area contributed by atoms with Gasteiger partial charge >= 0.3 is 0 Å². The summed E-state index contributed by atoms with van der Waals surface area (Å²) in [6.45, 7) is 5.73. The standard InChI is InChI=1S/C24H30ClN3O2/c25-20-10-8-19(9-11-20)23(27-12-4-1-5-13-27)18-26-24(29)21-6-2-3-7-22(21)28-14-16-30-17-15-28/h2-3,6-11,23H,1,4-5,12-18H2,(H,26,29). The average Bonchev–Trinajstić information content (AvgIpc) is 2.81. The third-order valence-electron chi connectivity index (χ3n) is 6.04. The summed E-state index contributed by atoms with van der Waals surface area (Å²) in [5, 5.41) is 3.95. The zero-order chi connectivity index (χ0) is 20.8. The number of benzene rings is 2. The maximum absolute atomic E-state index is 13.2. The molecule has 0 radical (unpaired) electrons. The Bertz CT molecular complexity index is 831. The Morgan fingerprint density at radius 1 is 0.967 bits per heavy atom. The van der Waals surface area contributed by atoms with E-state index < -0.39 is 0 Å². The Kier molecular flexibility index (Phi) is 7.26. The molecule has 1 atom stereocenters. The summed E-state index contributed by atoms with van der Waals surface area (Å²) in [6, 6.07) is 16.0. The monoisotopic (exact) mass is 427 g/mol. The molecule has 2 heterocycles. The molecule has 2 fully saturated rings. The van der Waals surface area contributed by atoms with E-state index in [1.54, 1.807) is 0 Å². The Morgan fingerprint density at radius 2 is 1.67 bits per heavy atom. The fourth-order valence-corrected chi connectivity index (χ4v) is 4.53. The van der Waals surface area contributed by atoms with Crippen molar-refractivity contribution in [3.8, 4) is 0 Å². The van der Waals surface area contributed by atoms with Crippen LogP contribution in [0.15, 0.2) is 48.5 Å². The van der Waals surface area contributed by atoms with Gasteiger partial charge in [-0.05, 0) is 55.8 Å². The summed E-state index contributed by atoms with van der Waals surface area (Å²) in [6.07, 6.45) is 3.69. The third-order valence-corrected chi connectivity index (χ3v) is 6.29. The highest BCUT2D eigenvalue weighted by atomic mass is 35.5. The summed E-state index contributed by atoms with van der Waals surface area (Å²) in [5.74, 6) is -0.0203. The van der Waals surface area contributed by atoms with E-state index in [0.29, 0.717) is 19.8 Å². The van der Waals surface area contributed by atoms with Gasteiger partial charge in [-0.1, -0.05) is 42.3 Å². The van der Waals surface area contributed by atoms with Crippen molar-refractivity contribution in [1.82, 2.24) is 10.2 Å². The number of nitrogens with zero attached hydrogens (tertiary/aromatic N) is 2. The number of ether oxygens (including phenoxy) is 1. The van der Waals surface area contributed by atoms with Crippen molar-refractivity contribution in [2.45, 2.75) is 25.3 Å². The summed E-state index contributed by atoms with van der Waals surface area (Å²) in [5.41, 5.74) is 2.91. The number of morpholine rings is 1. The topological polar surface area (TPSA) is 44.8 Å². The summed E-state index contributed by atoms with van der Waals surface area (Å²) in [7, 11) is 0. The van der Waals surface area contributed by atoms with Crippen molar-refractivity contribution in [2.24, 2.45) is 0 Å². The molecular formula is C24H30ClN3O2. The van der Waals surface area contributed by atoms with Crippen LogP contribution >= 0.6 is 11.6 Å². The molecule has 0 spiro atoms. The van der Waals surface area contributed by atoms with E-state index in [2.05, 4.69) is 27.2 Å². The smallest absolute Gasteiger partial charge is 0.253 e. The molecule has 0 saturated carbocycles. The summed E-state index contributed by atoms with van der Waals surface area (Å²) >= 11 is 6.10. The molecule has 2 saturated heterocycles. The molecule has 6 heteroatoms. The highest BCUT2D eigenvalue weighted by Crippen LogP contribution is 2.26. The number of para-hydroxylation sites is 1. The lowest BCUT2D eigenvalue weighted by atomic mass is 10.0. The van der Waals surface area contributed by atoms with Crippen LogP contribution < -0.4 is 10.2 Å². The number of anilines is 1. The molecule has 0 aliphatic carbocycles. The SMILES string of the molecule is O=C(NCC(c1ccc(Cl)cc1)N1CCCCC1)c1ccccc1N1CCOCC1. The van der Waals surface area contributed by atoms with Gasteiger partial charge in [-0.3, -0.25) is 9.69 Å². The minimum Gasteiger partial charge on any atom is -0.378 e. The van der Waals surface area contributed by atoms with E-state index >= 15 is 0 Å². The van der Waals surface area contributed by atoms with Gasteiger partial charge in [0.1, 0.15) is 0 Å². The number of carbonyl (C=O) groups excluding carboxylic acids is 1. The molecule has 1 amide bonds. The Morgan fingerprint density at radius 3 is 2.40 bits per heavy atom. The Hall–Kier alpha value is -2.08. The minimum absolute atomic E-state index is 0.0203. The van der Waals surface area contributed by atoms with Crippen LogP contribution in [-0.2, 0) is 4.74 Å². The van der Waals surface area contributed by atoms with Crippen LogP contribution in [0.4, 0.5) is 5.69 Å². The number of piperidine rings is 1. The van der Waals surface area contributed by atoms with E-state index in [-0.39, 0.29) is 11.9 Å². The van der Waals surface area contributed by atoms with Gasteiger partial charge in [-0.15, -0.1) is 0 Å². The van der Waals surface area contributed by atoms with Crippen LogP contribution in [0, 0.1) is 0 Å². The van der Waals surface area contributed by atoms with E-state index in [4.69, 9.17) is 16.3 Å². The number of carbonyl (C=O) groups is 1. The predicted molar refractivity (Wildman–Crippen MR) is 121 cm³/mol. The lowest BCUT2D eigenvalue weighted by Gasteiger charge is -2.35. The predicted octanol–water partition coefficient (Wildman–Crippen LogP) is 4.13. The van der Waals surface area contributed by atoms with Crippen LogP contribution in [0.25, 0.3) is 0 Å². The quantitative estimate of drug-likeness (QED) is 0.752. The first-order valence-corrected chi connectivity index (χ1v) is 11.3. The molecule has 5 nitrogen and oxygen atoms in total. The van der Waals surface area contributed by atoms with Crippen LogP contribution in [-0.4, -0.2) is 56.7 Å². The third kappa shape index (κ3) is 5.15. The van der Waals surface area contributed by atoms with E-state index in [0.717, 1.165) is 42.5 Å². The van der Waals surface area contributed by atoms with Gasteiger partial charge in [0.05, 0.1) is 24.8 Å². The highest BCUT2D eigenvalue weighted by Gasteiger charge is 2.24.